The van der Waals surface area contributed by atoms with E-state index in [0.29, 0.717) is 45.0 Å². The molecule has 1 saturated carbocycles. The summed E-state index contributed by atoms with van der Waals surface area (Å²) in [5.74, 6) is 0.710. The number of furan rings is 1. The number of nitrogens with zero attached hydrogens (tertiary/aromatic N) is 2. The van der Waals surface area contributed by atoms with Crippen LogP contribution < -0.4 is 10.2 Å². The van der Waals surface area contributed by atoms with Gasteiger partial charge in [-0.2, -0.15) is 0 Å². The first kappa shape index (κ1) is 24.6. The molecule has 0 saturated heterocycles. The number of halogens is 1. The maximum atomic E-state index is 13.7. The molecule has 0 atom stereocenters. The number of aryl methyl sites for hydroxylation is 2. The van der Waals surface area contributed by atoms with Crippen LogP contribution in [0.15, 0.2) is 75.7 Å². The SMILES string of the molecule is CNC(=O)c1c(-c2ccc(F)cc2)oc2ccc(-c3cc(C(=O)N(c4cc(C)on4)C4CC4)ccc3C)cc12. The van der Waals surface area contributed by atoms with Crippen molar-refractivity contribution >= 4 is 28.6 Å². The molecule has 8 heteroatoms. The van der Waals surface area contributed by atoms with Crippen molar-refractivity contribution in [1.82, 2.24) is 10.5 Å². The van der Waals surface area contributed by atoms with Crippen molar-refractivity contribution in [3.63, 3.8) is 0 Å². The van der Waals surface area contributed by atoms with E-state index < -0.39 is 0 Å². The predicted octanol–water partition coefficient (Wildman–Crippen LogP) is 6.68. The summed E-state index contributed by atoms with van der Waals surface area (Å²) in [6.45, 7) is 3.78. The van der Waals surface area contributed by atoms with Gasteiger partial charge in [0.25, 0.3) is 11.8 Å². The average molecular weight is 524 g/mol. The second-order valence-electron chi connectivity index (χ2n) is 9.83. The standard InChI is InChI=1S/C31H26FN3O4/c1-17-4-5-21(31(37)35(23-11-12-23)27-14-18(2)39-34-27)16-24(17)20-8-13-26-25(15-20)28(30(36)33-3)29(38-26)19-6-9-22(32)10-7-19/h4-10,13-16,23H,11-12H2,1-3H3,(H,33,36). The smallest absolute Gasteiger partial charge is 0.259 e. The molecule has 1 aliphatic carbocycles. The largest absolute Gasteiger partial charge is 0.455 e. The number of anilines is 1. The molecule has 1 N–H and O–H groups in total. The van der Waals surface area contributed by atoms with E-state index in [-0.39, 0.29) is 23.7 Å². The minimum atomic E-state index is -0.373. The molecule has 3 aromatic carbocycles. The quantitative estimate of drug-likeness (QED) is 0.268. The third kappa shape index (κ3) is 4.48. The van der Waals surface area contributed by atoms with E-state index >= 15 is 0 Å². The number of amides is 2. The molecule has 2 aromatic heterocycles. The van der Waals surface area contributed by atoms with Crippen LogP contribution in [-0.2, 0) is 0 Å². The van der Waals surface area contributed by atoms with E-state index in [1.807, 2.05) is 43.3 Å². The Morgan fingerprint density at radius 2 is 1.72 bits per heavy atom. The molecule has 196 valence electrons. The van der Waals surface area contributed by atoms with Crippen molar-refractivity contribution in [2.45, 2.75) is 32.7 Å². The van der Waals surface area contributed by atoms with Crippen LogP contribution in [0.5, 0.6) is 0 Å². The molecule has 6 rings (SSSR count). The Bertz CT molecular complexity index is 1730. The van der Waals surface area contributed by atoms with Gasteiger partial charge in [-0.05, 0) is 91.9 Å². The van der Waals surface area contributed by atoms with Gasteiger partial charge in [0.15, 0.2) is 5.82 Å². The first-order valence-electron chi connectivity index (χ1n) is 12.8. The fourth-order valence-corrected chi connectivity index (χ4v) is 4.88. The fraction of sp³-hybridized carbons (Fsp3) is 0.194. The highest BCUT2D eigenvalue weighted by molar-refractivity contribution is 6.12. The minimum Gasteiger partial charge on any atom is -0.455 e. The zero-order valence-corrected chi connectivity index (χ0v) is 21.7. The van der Waals surface area contributed by atoms with Crippen molar-refractivity contribution < 1.29 is 22.9 Å². The molecule has 5 aromatic rings. The Hall–Kier alpha value is -4.72. The second-order valence-corrected chi connectivity index (χ2v) is 9.83. The Balaban J connectivity index is 1.44. The van der Waals surface area contributed by atoms with Crippen molar-refractivity contribution in [2.75, 3.05) is 11.9 Å². The van der Waals surface area contributed by atoms with Crippen molar-refractivity contribution in [3.8, 4) is 22.5 Å². The summed E-state index contributed by atoms with van der Waals surface area (Å²) in [6, 6.07) is 18.9. The lowest BCUT2D eigenvalue weighted by atomic mass is 9.95. The zero-order valence-electron chi connectivity index (χ0n) is 21.7. The Kier molecular flexibility index (Phi) is 6.02. The lowest BCUT2D eigenvalue weighted by Crippen LogP contribution is -2.33. The summed E-state index contributed by atoms with van der Waals surface area (Å²) in [4.78, 5) is 28.4. The highest BCUT2D eigenvalue weighted by Crippen LogP contribution is 2.38. The summed E-state index contributed by atoms with van der Waals surface area (Å²) in [6.07, 6.45) is 1.85. The molecule has 2 heterocycles. The third-order valence-electron chi connectivity index (χ3n) is 7.04. The number of hydrogen-bond donors (Lipinski definition) is 1. The highest BCUT2D eigenvalue weighted by Gasteiger charge is 2.36. The van der Waals surface area contributed by atoms with Gasteiger partial charge in [0.1, 0.15) is 22.9 Å². The summed E-state index contributed by atoms with van der Waals surface area (Å²) in [5.41, 5.74) is 4.71. The van der Waals surface area contributed by atoms with Crippen LogP contribution in [0.3, 0.4) is 0 Å². The monoisotopic (exact) mass is 523 g/mol. The number of carbonyl (C=O) groups is 2. The summed E-state index contributed by atoms with van der Waals surface area (Å²) in [7, 11) is 1.56. The molecule has 0 radical (unpaired) electrons. The van der Waals surface area contributed by atoms with E-state index in [1.54, 1.807) is 37.1 Å². The van der Waals surface area contributed by atoms with Gasteiger partial charge in [0.2, 0.25) is 0 Å². The van der Waals surface area contributed by atoms with E-state index in [1.165, 1.54) is 12.1 Å². The molecule has 0 unspecified atom stereocenters. The number of nitrogens with one attached hydrogen (secondary N) is 1. The number of rotatable bonds is 6. The lowest BCUT2D eigenvalue weighted by Gasteiger charge is -2.20. The Labute approximate surface area is 224 Å². The van der Waals surface area contributed by atoms with Crippen molar-refractivity contribution in [3.05, 3.63) is 95.0 Å². The van der Waals surface area contributed by atoms with Crippen molar-refractivity contribution in [2.24, 2.45) is 0 Å². The van der Waals surface area contributed by atoms with Crippen LogP contribution in [0.25, 0.3) is 33.4 Å². The average Bonchev–Trinajstić information content (AvgIpc) is 3.56. The molecular weight excluding hydrogens is 497 g/mol. The molecule has 1 aliphatic rings. The van der Waals surface area contributed by atoms with Gasteiger partial charge in [-0.3, -0.25) is 14.5 Å². The summed E-state index contributed by atoms with van der Waals surface area (Å²) in [5, 5.41) is 7.39. The normalized spacial score (nSPS) is 13.0. The molecule has 7 nitrogen and oxygen atoms in total. The zero-order chi connectivity index (χ0) is 27.3. The first-order chi connectivity index (χ1) is 18.8. The molecule has 39 heavy (non-hydrogen) atoms. The summed E-state index contributed by atoms with van der Waals surface area (Å²) < 4.78 is 24.9. The topological polar surface area (TPSA) is 88.6 Å². The lowest BCUT2D eigenvalue weighted by molar-refractivity contribution is 0.0961. The Morgan fingerprint density at radius 3 is 2.38 bits per heavy atom. The van der Waals surface area contributed by atoms with Gasteiger partial charge in [-0.1, -0.05) is 17.3 Å². The molecule has 0 spiro atoms. The molecule has 1 fully saturated rings. The molecule has 0 aliphatic heterocycles. The van der Waals surface area contributed by atoms with Gasteiger partial charge >= 0.3 is 0 Å². The molecular formula is C31H26FN3O4. The second kappa shape index (κ2) is 9.54. The highest BCUT2D eigenvalue weighted by atomic mass is 19.1. The van der Waals surface area contributed by atoms with Crippen LogP contribution in [-0.4, -0.2) is 30.1 Å². The van der Waals surface area contributed by atoms with Crippen LogP contribution in [0.4, 0.5) is 10.2 Å². The van der Waals surface area contributed by atoms with Gasteiger partial charge in [0.05, 0.1) is 5.56 Å². The number of hydrogen-bond acceptors (Lipinski definition) is 5. The number of benzene rings is 3. The Morgan fingerprint density at radius 1 is 0.974 bits per heavy atom. The van der Waals surface area contributed by atoms with Crippen LogP contribution >= 0.6 is 0 Å². The molecule has 0 bridgehead atoms. The van der Waals surface area contributed by atoms with E-state index in [2.05, 4.69) is 10.5 Å². The minimum absolute atomic E-state index is 0.106. The number of fused-ring (bicyclic) bond motifs is 1. The first-order valence-corrected chi connectivity index (χ1v) is 12.8. The van der Waals surface area contributed by atoms with Gasteiger partial charge in [0, 0.05) is 35.7 Å². The predicted molar refractivity (Wildman–Crippen MR) is 146 cm³/mol. The van der Waals surface area contributed by atoms with Gasteiger partial charge < -0.3 is 14.3 Å². The maximum Gasteiger partial charge on any atom is 0.259 e. The van der Waals surface area contributed by atoms with E-state index in [0.717, 1.165) is 29.5 Å². The van der Waals surface area contributed by atoms with Gasteiger partial charge in [-0.15, -0.1) is 0 Å². The van der Waals surface area contributed by atoms with Crippen LogP contribution in [0.1, 0.15) is 44.9 Å². The molecule has 2 amide bonds. The number of aromatic nitrogens is 1. The maximum absolute atomic E-state index is 13.7. The van der Waals surface area contributed by atoms with E-state index in [9.17, 15) is 14.0 Å². The van der Waals surface area contributed by atoms with Crippen LogP contribution in [0.2, 0.25) is 0 Å². The van der Waals surface area contributed by atoms with Crippen molar-refractivity contribution in [1.29, 1.82) is 0 Å². The fourth-order valence-electron chi connectivity index (χ4n) is 4.88. The number of carbonyl (C=O) groups excluding carboxylic acids is 2. The van der Waals surface area contributed by atoms with Crippen LogP contribution in [0, 0.1) is 19.7 Å². The summed E-state index contributed by atoms with van der Waals surface area (Å²) >= 11 is 0. The van der Waals surface area contributed by atoms with E-state index in [4.69, 9.17) is 8.94 Å². The van der Waals surface area contributed by atoms with Gasteiger partial charge in [-0.25, -0.2) is 4.39 Å². The third-order valence-corrected chi connectivity index (χ3v) is 7.04.